The lowest BCUT2D eigenvalue weighted by Crippen LogP contribution is -2.10. The van der Waals surface area contributed by atoms with Crippen LogP contribution in [0.25, 0.3) is 0 Å². The first-order chi connectivity index (χ1) is 6.97. The lowest BCUT2D eigenvalue weighted by Gasteiger charge is -2.11. The van der Waals surface area contributed by atoms with Gasteiger partial charge >= 0.3 is 5.97 Å². The van der Waals surface area contributed by atoms with Crippen LogP contribution < -0.4 is 4.74 Å². The Balaban J connectivity index is 3.24. The molecule has 0 aliphatic rings. The number of hydrogen-bond acceptors (Lipinski definition) is 4. The number of hydrogen-bond donors (Lipinski definition) is 3. The molecule has 5 nitrogen and oxygen atoms in total. The number of methoxy groups -OCH3 is 1. The third-order valence-electron chi connectivity index (χ3n) is 1.83. The number of aromatic hydroxyl groups is 1. The van der Waals surface area contributed by atoms with Crippen molar-refractivity contribution in [1.82, 2.24) is 0 Å². The standard InChI is InChI=1S/C9H9ClO5/c1-15-7-2-4(8(12)9(13)14)6(11)3-5(7)10/h2-3,8,11-12H,1H3,(H,13,14). The Hall–Kier alpha value is -1.46. The molecule has 1 aromatic carbocycles. The maximum Gasteiger partial charge on any atom is 0.337 e. The zero-order valence-corrected chi connectivity index (χ0v) is 8.52. The van der Waals surface area contributed by atoms with Gasteiger partial charge in [0.1, 0.15) is 11.5 Å². The Morgan fingerprint density at radius 2 is 2.13 bits per heavy atom. The Kier molecular flexibility index (Phi) is 3.39. The minimum atomic E-state index is -1.81. The first-order valence-corrected chi connectivity index (χ1v) is 4.32. The van der Waals surface area contributed by atoms with Gasteiger partial charge < -0.3 is 20.1 Å². The van der Waals surface area contributed by atoms with Gasteiger partial charge in [-0.05, 0) is 6.07 Å². The van der Waals surface area contributed by atoms with Gasteiger partial charge in [0.15, 0.2) is 6.10 Å². The number of aliphatic hydroxyl groups is 1. The summed E-state index contributed by atoms with van der Waals surface area (Å²) in [5.41, 5.74) is -0.163. The van der Waals surface area contributed by atoms with Gasteiger partial charge in [-0.2, -0.15) is 0 Å². The van der Waals surface area contributed by atoms with Gasteiger partial charge in [-0.15, -0.1) is 0 Å². The first kappa shape index (κ1) is 11.6. The van der Waals surface area contributed by atoms with Gasteiger partial charge in [0, 0.05) is 11.6 Å². The van der Waals surface area contributed by atoms with E-state index in [-0.39, 0.29) is 16.3 Å². The highest BCUT2D eigenvalue weighted by Gasteiger charge is 2.21. The Labute approximate surface area is 90.5 Å². The summed E-state index contributed by atoms with van der Waals surface area (Å²) >= 11 is 5.67. The smallest absolute Gasteiger partial charge is 0.337 e. The van der Waals surface area contributed by atoms with Gasteiger partial charge in [0.05, 0.1) is 12.1 Å². The summed E-state index contributed by atoms with van der Waals surface area (Å²) in [6.45, 7) is 0. The summed E-state index contributed by atoms with van der Waals surface area (Å²) < 4.78 is 4.82. The molecule has 6 heteroatoms. The molecule has 0 aliphatic carbocycles. The van der Waals surface area contributed by atoms with E-state index in [4.69, 9.17) is 21.4 Å². The Morgan fingerprint density at radius 3 is 2.60 bits per heavy atom. The molecule has 0 saturated heterocycles. The molecule has 0 bridgehead atoms. The van der Waals surface area contributed by atoms with E-state index in [0.717, 1.165) is 6.07 Å². The largest absolute Gasteiger partial charge is 0.507 e. The maximum absolute atomic E-state index is 10.5. The normalized spacial score (nSPS) is 12.2. The summed E-state index contributed by atoms with van der Waals surface area (Å²) in [6, 6.07) is 2.29. The van der Waals surface area contributed by atoms with Gasteiger partial charge in [-0.25, -0.2) is 4.79 Å². The molecular formula is C9H9ClO5. The quantitative estimate of drug-likeness (QED) is 0.728. The molecule has 0 fully saturated rings. The molecular weight excluding hydrogens is 224 g/mol. The van der Waals surface area contributed by atoms with Gasteiger partial charge in [0.25, 0.3) is 0 Å². The van der Waals surface area contributed by atoms with Crippen LogP contribution in [0, 0.1) is 0 Å². The number of carbonyl (C=O) groups is 1. The van der Waals surface area contributed by atoms with E-state index >= 15 is 0 Å². The van der Waals surface area contributed by atoms with E-state index in [1.165, 1.54) is 13.2 Å². The molecule has 1 atom stereocenters. The molecule has 0 aromatic heterocycles. The second-order valence-corrected chi connectivity index (χ2v) is 3.19. The Morgan fingerprint density at radius 1 is 1.53 bits per heavy atom. The minimum Gasteiger partial charge on any atom is -0.507 e. The molecule has 1 rings (SSSR count). The average Bonchev–Trinajstić information content (AvgIpc) is 2.17. The molecule has 0 radical (unpaired) electrons. The zero-order valence-electron chi connectivity index (χ0n) is 7.77. The predicted octanol–water partition coefficient (Wildman–Crippen LogP) is 1.17. The number of ether oxygens (including phenoxy) is 1. The van der Waals surface area contributed by atoms with Gasteiger partial charge in [-0.3, -0.25) is 0 Å². The highest BCUT2D eigenvalue weighted by atomic mass is 35.5. The molecule has 3 N–H and O–H groups in total. The van der Waals surface area contributed by atoms with Gasteiger partial charge in [-0.1, -0.05) is 11.6 Å². The first-order valence-electron chi connectivity index (χ1n) is 3.94. The van der Waals surface area contributed by atoms with Crippen molar-refractivity contribution in [2.45, 2.75) is 6.10 Å². The van der Waals surface area contributed by atoms with E-state index < -0.39 is 17.8 Å². The van der Waals surface area contributed by atoms with E-state index in [9.17, 15) is 15.0 Å². The summed E-state index contributed by atoms with van der Waals surface area (Å²) in [4.78, 5) is 10.5. The summed E-state index contributed by atoms with van der Waals surface area (Å²) in [5.74, 6) is -1.67. The zero-order chi connectivity index (χ0) is 11.6. The molecule has 0 spiro atoms. The van der Waals surface area contributed by atoms with Crippen LogP contribution in [-0.4, -0.2) is 28.4 Å². The number of phenols is 1. The number of carboxylic acids is 1. The summed E-state index contributed by atoms with van der Waals surface area (Å²) in [6.07, 6.45) is -1.81. The summed E-state index contributed by atoms with van der Waals surface area (Å²) in [5, 5.41) is 27.3. The molecule has 0 aliphatic heterocycles. The monoisotopic (exact) mass is 232 g/mol. The number of benzene rings is 1. The van der Waals surface area contributed by atoms with E-state index in [2.05, 4.69) is 0 Å². The average molecular weight is 233 g/mol. The van der Waals surface area contributed by atoms with Crippen LogP contribution >= 0.6 is 11.6 Å². The van der Waals surface area contributed by atoms with E-state index in [0.29, 0.717) is 0 Å². The number of carboxylic acid groups (broad SMARTS) is 1. The number of halogens is 1. The molecule has 1 unspecified atom stereocenters. The maximum atomic E-state index is 10.5. The fraction of sp³-hybridized carbons (Fsp3) is 0.222. The Bertz CT molecular complexity index is 390. The third-order valence-corrected chi connectivity index (χ3v) is 2.12. The lowest BCUT2D eigenvalue weighted by atomic mass is 10.1. The van der Waals surface area contributed by atoms with Gasteiger partial charge in [0.2, 0.25) is 0 Å². The van der Waals surface area contributed by atoms with Crippen molar-refractivity contribution in [2.24, 2.45) is 0 Å². The molecule has 0 heterocycles. The van der Waals surface area contributed by atoms with Crippen molar-refractivity contribution >= 4 is 17.6 Å². The fourth-order valence-corrected chi connectivity index (χ4v) is 1.30. The summed E-state index contributed by atoms with van der Waals surface area (Å²) in [7, 11) is 1.34. The molecule has 82 valence electrons. The second kappa shape index (κ2) is 4.37. The highest BCUT2D eigenvalue weighted by molar-refractivity contribution is 6.32. The van der Waals surface area contributed by atoms with Crippen molar-refractivity contribution in [2.75, 3.05) is 7.11 Å². The van der Waals surface area contributed by atoms with E-state index in [1.807, 2.05) is 0 Å². The molecule has 0 amide bonds. The number of phenolic OH excluding ortho intramolecular Hbond substituents is 1. The number of aliphatic hydroxyl groups excluding tert-OH is 1. The van der Waals surface area contributed by atoms with Crippen molar-refractivity contribution in [3.63, 3.8) is 0 Å². The van der Waals surface area contributed by atoms with Crippen LogP contribution in [0.4, 0.5) is 0 Å². The number of rotatable bonds is 3. The second-order valence-electron chi connectivity index (χ2n) is 2.79. The topological polar surface area (TPSA) is 87.0 Å². The highest BCUT2D eigenvalue weighted by Crippen LogP contribution is 2.34. The van der Waals surface area contributed by atoms with Crippen LogP contribution in [-0.2, 0) is 4.79 Å². The predicted molar refractivity (Wildman–Crippen MR) is 52.3 cm³/mol. The van der Waals surface area contributed by atoms with Crippen LogP contribution in [0.15, 0.2) is 12.1 Å². The molecule has 0 saturated carbocycles. The van der Waals surface area contributed by atoms with Crippen molar-refractivity contribution < 1.29 is 24.9 Å². The molecule has 15 heavy (non-hydrogen) atoms. The minimum absolute atomic E-state index is 0.135. The van der Waals surface area contributed by atoms with Crippen LogP contribution in [0.1, 0.15) is 11.7 Å². The fourth-order valence-electron chi connectivity index (χ4n) is 1.07. The van der Waals surface area contributed by atoms with Crippen molar-refractivity contribution in [3.05, 3.63) is 22.7 Å². The van der Waals surface area contributed by atoms with E-state index in [1.54, 1.807) is 0 Å². The number of aliphatic carboxylic acids is 1. The third kappa shape index (κ3) is 2.31. The lowest BCUT2D eigenvalue weighted by molar-refractivity contribution is -0.147. The van der Waals surface area contributed by atoms with Crippen LogP contribution in [0.2, 0.25) is 5.02 Å². The van der Waals surface area contributed by atoms with Crippen LogP contribution in [0.5, 0.6) is 11.5 Å². The van der Waals surface area contributed by atoms with Crippen molar-refractivity contribution in [3.8, 4) is 11.5 Å². The molecule has 1 aromatic rings. The van der Waals surface area contributed by atoms with Crippen LogP contribution in [0.3, 0.4) is 0 Å². The SMILES string of the molecule is COc1cc(C(O)C(=O)O)c(O)cc1Cl. The van der Waals surface area contributed by atoms with Crippen molar-refractivity contribution in [1.29, 1.82) is 0 Å².